The molecule has 4 rings (SSSR count). The summed E-state index contributed by atoms with van der Waals surface area (Å²) in [6, 6.07) is 20.5. The van der Waals surface area contributed by atoms with Gasteiger partial charge in [-0.25, -0.2) is 0 Å². The molecule has 25 heavy (non-hydrogen) atoms. The van der Waals surface area contributed by atoms with Crippen LogP contribution in [0.1, 0.15) is 30.4 Å². The summed E-state index contributed by atoms with van der Waals surface area (Å²) in [4.78, 5) is 12.8. The van der Waals surface area contributed by atoms with Crippen molar-refractivity contribution < 1.29 is 9.53 Å². The van der Waals surface area contributed by atoms with E-state index in [0.717, 1.165) is 46.4 Å². The fourth-order valence-electron chi connectivity index (χ4n) is 3.62. The van der Waals surface area contributed by atoms with Crippen LogP contribution in [0, 0.1) is 0 Å². The van der Waals surface area contributed by atoms with Crippen LogP contribution in [-0.2, 0) is 9.53 Å². The zero-order valence-corrected chi connectivity index (χ0v) is 15.0. The molecule has 0 radical (unpaired) electrons. The van der Waals surface area contributed by atoms with Crippen LogP contribution in [0.4, 0.5) is 0 Å². The molecular weight excluding hydrogens is 328 g/mol. The van der Waals surface area contributed by atoms with Crippen molar-refractivity contribution in [2.24, 2.45) is 0 Å². The third-order valence-electron chi connectivity index (χ3n) is 4.73. The molecule has 2 aromatic rings. The summed E-state index contributed by atoms with van der Waals surface area (Å²) >= 11 is 1.68. The molecule has 2 aromatic carbocycles. The van der Waals surface area contributed by atoms with Gasteiger partial charge in [-0.3, -0.25) is 4.79 Å². The number of carbonyl (C=O) groups excluding carboxylic acids is 1. The quantitative estimate of drug-likeness (QED) is 0.750. The third kappa shape index (κ3) is 2.93. The second-order valence-corrected chi connectivity index (χ2v) is 7.18. The van der Waals surface area contributed by atoms with Gasteiger partial charge in [-0.1, -0.05) is 60.7 Å². The predicted octanol–water partition coefficient (Wildman–Crippen LogP) is 5.32. The van der Waals surface area contributed by atoms with Gasteiger partial charge in [0.15, 0.2) is 11.2 Å². The first-order chi connectivity index (χ1) is 12.3. The van der Waals surface area contributed by atoms with E-state index >= 15 is 0 Å². The standard InChI is InChI=1S/C22H20O2S/c1-25-22-20(16-11-6-3-7-12-16)19(15-9-4-2-5-10-15)21-17(23)13-8-14-18(21)24-22/h2-7,9-12,22H,8,13-14H2,1H3. The van der Waals surface area contributed by atoms with Gasteiger partial charge in [-0.05, 0) is 23.8 Å². The Bertz CT molecular complexity index is 850. The highest BCUT2D eigenvalue weighted by atomic mass is 32.2. The van der Waals surface area contributed by atoms with Crippen molar-refractivity contribution in [3.05, 3.63) is 83.1 Å². The summed E-state index contributed by atoms with van der Waals surface area (Å²) in [7, 11) is 0. The Morgan fingerprint density at radius 2 is 1.52 bits per heavy atom. The average molecular weight is 348 g/mol. The van der Waals surface area contributed by atoms with Crippen molar-refractivity contribution in [2.75, 3.05) is 6.26 Å². The summed E-state index contributed by atoms with van der Waals surface area (Å²) < 4.78 is 6.29. The largest absolute Gasteiger partial charge is 0.479 e. The molecule has 1 heterocycles. The molecule has 0 aromatic heterocycles. The minimum Gasteiger partial charge on any atom is -0.479 e. The fraction of sp³-hybridized carbons (Fsp3) is 0.227. The van der Waals surface area contributed by atoms with E-state index in [1.807, 2.05) is 36.4 Å². The molecule has 0 bridgehead atoms. The third-order valence-corrected chi connectivity index (χ3v) is 5.49. The van der Waals surface area contributed by atoms with Crippen LogP contribution in [0.5, 0.6) is 0 Å². The molecule has 0 spiro atoms. The van der Waals surface area contributed by atoms with Crippen LogP contribution in [0.2, 0.25) is 0 Å². The molecule has 1 atom stereocenters. The van der Waals surface area contributed by atoms with Crippen molar-refractivity contribution in [3.63, 3.8) is 0 Å². The molecule has 2 nitrogen and oxygen atoms in total. The smallest absolute Gasteiger partial charge is 0.170 e. The Morgan fingerprint density at radius 1 is 0.880 bits per heavy atom. The summed E-state index contributed by atoms with van der Waals surface area (Å²) in [5.74, 6) is 1.07. The normalized spacial score (nSPS) is 20.4. The zero-order chi connectivity index (χ0) is 17.2. The molecule has 1 unspecified atom stereocenters. The van der Waals surface area contributed by atoms with E-state index in [0.29, 0.717) is 6.42 Å². The average Bonchev–Trinajstić information content (AvgIpc) is 2.68. The molecule has 0 saturated carbocycles. The van der Waals surface area contributed by atoms with E-state index in [9.17, 15) is 4.79 Å². The maximum atomic E-state index is 12.8. The van der Waals surface area contributed by atoms with Gasteiger partial charge in [-0.2, -0.15) is 0 Å². The Morgan fingerprint density at radius 3 is 2.16 bits per heavy atom. The summed E-state index contributed by atoms with van der Waals surface area (Å²) in [6.07, 6.45) is 4.38. The van der Waals surface area contributed by atoms with Crippen LogP contribution >= 0.6 is 11.8 Å². The molecule has 1 aliphatic heterocycles. The Hall–Kier alpha value is -2.26. The van der Waals surface area contributed by atoms with E-state index in [1.54, 1.807) is 11.8 Å². The Balaban J connectivity index is 2.03. The summed E-state index contributed by atoms with van der Waals surface area (Å²) in [5, 5.41) is 0. The first-order valence-corrected chi connectivity index (χ1v) is 9.89. The number of rotatable bonds is 3. The highest BCUT2D eigenvalue weighted by molar-refractivity contribution is 7.99. The number of ketones is 1. The van der Waals surface area contributed by atoms with Gasteiger partial charge in [0, 0.05) is 24.0 Å². The number of benzene rings is 2. The lowest BCUT2D eigenvalue weighted by molar-refractivity contribution is -0.116. The first-order valence-electron chi connectivity index (χ1n) is 8.61. The number of Topliss-reactive ketones (excluding diaryl/α,β-unsaturated/α-hetero) is 1. The predicted molar refractivity (Wildman–Crippen MR) is 104 cm³/mol. The van der Waals surface area contributed by atoms with Gasteiger partial charge in [0.2, 0.25) is 0 Å². The van der Waals surface area contributed by atoms with E-state index < -0.39 is 0 Å². The zero-order valence-electron chi connectivity index (χ0n) is 14.2. The molecule has 126 valence electrons. The van der Waals surface area contributed by atoms with E-state index in [2.05, 4.69) is 30.5 Å². The van der Waals surface area contributed by atoms with Crippen LogP contribution in [0.15, 0.2) is 72.0 Å². The van der Waals surface area contributed by atoms with Crippen LogP contribution in [0.3, 0.4) is 0 Å². The van der Waals surface area contributed by atoms with Crippen molar-refractivity contribution in [3.8, 4) is 0 Å². The number of hydrogen-bond acceptors (Lipinski definition) is 3. The van der Waals surface area contributed by atoms with Crippen LogP contribution < -0.4 is 0 Å². The van der Waals surface area contributed by atoms with E-state index in [-0.39, 0.29) is 11.2 Å². The van der Waals surface area contributed by atoms with Gasteiger partial charge >= 0.3 is 0 Å². The summed E-state index contributed by atoms with van der Waals surface area (Å²) in [6.45, 7) is 0. The number of ether oxygens (including phenoxy) is 1. The highest BCUT2D eigenvalue weighted by Crippen LogP contribution is 2.47. The topological polar surface area (TPSA) is 26.3 Å². The molecule has 2 aliphatic rings. The minimum atomic E-state index is -0.0951. The minimum absolute atomic E-state index is 0.0951. The Kier molecular flexibility index (Phi) is 4.50. The second-order valence-electron chi connectivity index (χ2n) is 6.28. The van der Waals surface area contributed by atoms with Gasteiger partial charge in [0.25, 0.3) is 0 Å². The number of carbonyl (C=O) groups is 1. The number of allylic oxidation sites excluding steroid dienone is 3. The molecule has 0 amide bonds. The lowest BCUT2D eigenvalue weighted by Gasteiger charge is -2.34. The van der Waals surface area contributed by atoms with Crippen molar-refractivity contribution >= 4 is 28.7 Å². The maximum Gasteiger partial charge on any atom is 0.170 e. The number of thioether (sulfide) groups is 1. The van der Waals surface area contributed by atoms with Gasteiger partial charge < -0.3 is 4.74 Å². The van der Waals surface area contributed by atoms with Crippen molar-refractivity contribution in [1.82, 2.24) is 0 Å². The van der Waals surface area contributed by atoms with Crippen LogP contribution in [0.25, 0.3) is 11.1 Å². The van der Waals surface area contributed by atoms with Crippen molar-refractivity contribution in [2.45, 2.75) is 24.7 Å². The molecule has 3 heteroatoms. The molecule has 0 saturated heterocycles. The maximum absolute atomic E-state index is 12.8. The van der Waals surface area contributed by atoms with E-state index in [1.165, 1.54) is 0 Å². The Labute approximate surface area is 152 Å². The SMILES string of the molecule is CSC1OC2=C(C(=O)CCC2)C(c2ccccc2)=C1c1ccccc1. The lowest BCUT2D eigenvalue weighted by Crippen LogP contribution is -2.25. The second kappa shape index (κ2) is 6.93. The monoisotopic (exact) mass is 348 g/mol. The molecule has 1 aliphatic carbocycles. The molecule has 0 fully saturated rings. The molecule has 0 N–H and O–H groups in total. The first kappa shape index (κ1) is 16.2. The highest BCUT2D eigenvalue weighted by Gasteiger charge is 2.36. The van der Waals surface area contributed by atoms with Crippen molar-refractivity contribution in [1.29, 1.82) is 0 Å². The van der Waals surface area contributed by atoms with Gasteiger partial charge in [0.05, 0.1) is 5.57 Å². The van der Waals surface area contributed by atoms with Gasteiger partial charge in [-0.15, -0.1) is 11.8 Å². The summed E-state index contributed by atoms with van der Waals surface area (Å²) in [5.41, 5.74) is 5.06. The lowest BCUT2D eigenvalue weighted by atomic mass is 9.81. The molecular formula is C22H20O2S. The van der Waals surface area contributed by atoms with E-state index in [4.69, 9.17) is 4.74 Å². The van der Waals surface area contributed by atoms with Crippen LogP contribution in [-0.4, -0.2) is 17.5 Å². The number of hydrogen-bond donors (Lipinski definition) is 0. The fourth-order valence-corrected chi connectivity index (χ4v) is 4.32. The van der Waals surface area contributed by atoms with Gasteiger partial charge in [0.1, 0.15) is 5.76 Å².